The number of nitrogens with one attached hydrogen (secondary N) is 3. The van der Waals surface area contributed by atoms with E-state index in [1.165, 1.54) is 16.3 Å². The number of nitrogens with zero attached hydrogens (tertiary/aromatic N) is 5. The highest BCUT2D eigenvalue weighted by molar-refractivity contribution is 5.87. The molecule has 0 saturated heterocycles. The molecule has 5 aromatic rings. The first-order valence-corrected chi connectivity index (χ1v) is 8.81. The summed E-state index contributed by atoms with van der Waals surface area (Å²) in [6.07, 6.45) is 6.44. The zero-order valence-electron chi connectivity index (χ0n) is 14.8. The van der Waals surface area contributed by atoms with E-state index in [1.54, 1.807) is 24.9 Å². The number of fused-ring (bicyclic) bond motifs is 2. The van der Waals surface area contributed by atoms with Gasteiger partial charge in [0.1, 0.15) is 5.52 Å². The Morgan fingerprint density at radius 2 is 1.86 bits per heavy atom. The second kappa shape index (κ2) is 6.92. The Kier molecular flexibility index (Phi) is 3.98. The molecule has 0 aliphatic carbocycles. The molecule has 0 radical (unpaired) electrons. The van der Waals surface area contributed by atoms with Gasteiger partial charge >= 0.3 is 0 Å². The molecule has 0 aliphatic rings. The van der Waals surface area contributed by atoms with Crippen LogP contribution < -0.4 is 10.6 Å². The normalized spacial score (nSPS) is 11.0. The minimum Gasteiger partial charge on any atom is -0.364 e. The summed E-state index contributed by atoms with van der Waals surface area (Å²) in [7, 11) is 0. The number of imidazole rings is 1. The van der Waals surface area contributed by atoms with Crippen LogP contribution in [0.5, 0.6) is 0 Å². The second-order valence-corrected chi connectivity index (χ2v) is 6.20. The number of anilines is 3. The van der Waals surface area contributed by atoms with Crippen LogP contribution in [0.25, 0.3) is 21.9 Å². The summed E-state index contributed by atoms with van der Waals surface area (Å²) in [5.41, 5.74) is 2.51. The van der Waals surface area contributed by atoms with Gasteiger partial charge in [-0.1, -0.05) is 42.5 Å². The maximum Gasteiger partial charge on any atom is 0.232 e. The van der Waals surface area contributed by atoms with Gasteiger partial charge in [-0.15, -0.1) is 0 Å². The van der Waals surface area contributed by atoms with E-state index in [9.17, 15) is 0 Å². The molecule has 0 bridgehead atoms. The molecule has 0 saturated carbocycles. The van der Waals surface area contributed by atoms with Crippen LogP contribution in [-0.4, -0.2) is 29.9 Å². The minimum atomic E-state index is 0.403. The molecule has 8 nitrogen and oxygen atoms in total. The smallest absolute Gasteiger partial charge is 0.232 e. The van der Waals surface area contributed by atoms with E-state index in [2.05, 4.69) is 70.9 Å². The van der Waals surface area contributed by atoms with Crippen LogP contribution in [0.4, 0.5) is 17.6 Å². The molecule has 3 aromatic heterocycles. The third-order valence-electron chi connectivity index (χ3n) is 4.41. The lowest BCUT2D eigenvalue weighted by molar-refractivity contribution is 1.10. The van der Waals surface area contributed by atoms with Crippen molar-refractivity contribution in [1.82, 2.24) is 29.9 Å². The van der Waals surface area contributed by atoms with Gasteiger partial charge < -0.3 is 15.6 Å². The highest BCUT2D eigenvalue weighted by Crippen LogP contribution is 2.23. The van der Waals surface area contributed by atoms with Crippen LogP contribution in [0.3, 0.4) is 0 Å². The summed E-state index contributed by atoms with van der Waals surface area (Å²) in [5, 5.41) is 8.90. The summed E-state index contributed by atoms with van der Waals surface area (Å²) in [4.78, 5) is 24.6. The third kappa shape index (κ3) is 3.07. The Morgan fingerprint density at radius 3 is 2.79 bits per heavy atom. The fraction of sp³-hybridized carbons (Fsp3) is 0.0500. The standard InChI is InChI=1S/C20H16N8/c1-2-7-15-13(4-1)5-3-6-14(15)10-23-18-17-19(25-12-24-17)28-20(27-18)26-16-11-21-8-9-22-16/h1-9,11-12H,10H2,(H3,22,23,24,25,26,27,28). The van der Waals surface area contributed by atoms with E-state index >= 15 is 0 Å². The van der Waals surface area contributed by atoms with Crippen molar-refractivity contribution in [3.05, 3.63) is 72.9 Å². The molecule has 28 heavy (non-hydrogen) atoms. The fourth-order valence-electron chi connectivity index (χ4n) is 3.12. The Labute approximate surface area is 160 Å². The van der Waals surface area contributed by atoms with E-state index < -0.39 is 0 Å². The molecule has 0 amide bonds. The fourth-order valence-corrected chi connectivity index (χ4v) is 3.12. The van der Waals surface area contributed by atoms with Crippen molar-refractivity contribution in [1.29, 1.82) is 0 Å². The van der Waals surface area contributed by atoms with Gasteiger partial charge in [0.05, 0.1) is 12.5 Å². The average molecular weight is 368 g/mol. The predicted octanol–water partition coefficient (Wildman–Crippen LogP) is 3.65. The summed E-state index contributed by atoms with van der Waals surface area (Å²) in [5.74, 6) is 1.64. The first-order valence-electron chi connectivity index (χ1n) is 8.81. The molecule has 0 unspecified atom stereocenters. The molecule has 0 atom stereocenters. The zero-order valence-corrected chi connectivity index (χ0v) is 14.8. The maximum atomic E-state index is 4.59. The maximum absolute atomic E-state index is 4.59. The molecule has 8 heteroatoms. The lowest BCUT2D eigenvalue weighted by Crippen LogP contribution is -2.06. The molecule has 0 fully saturated rings. The topological polar surface area (TPSA) is 104 Å². The minimum absolute atomic E-state index is 0.403. The Bertz CT molecular complexity index is 1240. The van der Waals surface area contributed by atoms with Crippen molar-refractivity contribution in [2.75, 3.05) is 10.6 Å². The highest BCUT2D eigenvalue weighted by atomic mass is 15.2. The predicted molar refractivity (Wildman–Crippen MR) is 108 cm³/mol. The quantitative estimate of drug-likeness (QED) is 0.435. The summed E-state index contributed by atoms with van der Waals surface area (Å²) in [6, 6.07) is 14.6. The van der Waals surface area contributed by atoms with Crippen molar-refractivity contribution in [3.63, 3.8) is 0 Å². The van der Waals surface area contributed by atoms with Crippen LogP contribution in [0.2, 0.25) is 0 Å². The van der Waals surface area contributed by atoms with E-state index in [0.29, 0.717) is 29.8 Å². The van der Waals surface area contributed by atoms with Gasteiger partial charge in [-0.25, -0.2) is 9.97 Å². The molecule has 3 N–H and O–H groups in total. The Balaban J connectivity index is 1.47. The van der Waals surface area contributed by atoms with E-state index in [0.717, 1.165) is 5.52 Å². The lowest BCUT2D eigenvalue weighted by atomic mass is 10.0. The average Bonchev–Trinajstić information content (AvgIpc) is 3.21. The largest absolute Gasteiger partial charge is 0.364 e. The van der Waals surface area contributed by atoms with Gasteiger partial charge in [-0.3, -0.25) is 4.98 Å². The number of rotatable bonds is 5. The first kappa shape index (κ1) is 16.1. The van der Waals surface area contributed by atoms with Crippen molar-refractivity contribution < 1.29 is 0 Å². The summed E-state index contributed by atoms with van der Waals surface area (Å²) in [6.45, 7) is 0.622. The van der Waals surface area contributed by atoms with E-state index in [1.807, 2.05) is 12.1 Å². The van der Waals surface area contributed by atoms with Gasteiger partial charge in [0.15, 0.2) is 17.3 Å². The van der Waals surface area contributed by atoms with Gasteiger partial charge in [0.2, 0.25) is 5.95 Å². The van der Waals surface area contributed by atoms with Crippen molar-refractivity contribution in [2.45, 2.75) is 6.54 Å². The van der Waals surface area contributed by atoms with Crippen molar-refractivity contribution in [3.8, 4) is 0 Å². The Hall–Kier alpha value is -4.07. The van der Waals surface area contributed by atoms with Gasteiger partial charge in [-0.2, -0.15) is 9.97 Å². The number of aromatic amines is 1. The molecule has 136 valence electrons. The van der Waals surface area contributed by atoms with Crippen LogP contribution in [-0.2, 0) is 6.54 Å². The molecular weight excluding hydrogens is 352 g/mol. The lowest BCUT2D eigenvalue weighted by Gasteiger charge is -2.11. The molecule has 0 aliphatic heterocycles. The molecule has 3 heterocycles. The van der Waals surface area contributed by atoms with Gasteiger partial charge in [-0.05, 0) is 16.3 Å². The van der Waals surface area contributed by atoms with E-state index in [4.69, 9.17) is 0 Å². The number of hydrogen-bond acceptors (Lipinski definition) is 7. The van der Waals surface area contributed by atoms with Crippen molar-refractivity contribution >= 4 is 39.5 Å². The number of H-pyrrole nitrogens is 1. The first-order chi connectivity index (χ1) is 13.9. The molecule has 2 aromatic carbocycles. The Morgan fingerprint density at radius 1 is 0.929 bits per heavy atom. The van der Waals surface area contributed by atoms with Crippen molar-refractivity contribution in [2.24, 2.45) is 0 Å². The van der Waals surface area contributed by atoms with Crippen LogP contribution in [0.1, 0.15) is 5.56 Å². The number of hydrogen-bond donors (Lipinski definition) is 3. The second-order valence-electron chi connectivity index (χ2n) is 6.20. The SMILES string of the molecule is c1ccc2c(CNc3nc(Nc4cnccn4)nc4nc[nH]c34)cccc2c1. The van der Waals surface area contributed by atoms with Crippen LogP contribution in [0.15, 0.2) is 67.4 Å². The van der Waals surface area contributed by atoms with E-state index in [-0.39, 0.29) is 0 Å². The van der Waals surface area contributed by atoms with Crippen LogP contribution in [0, 0.1) is 0 Å². The monoisotopic (exact) mass is 368 g/mol. The number of aromatic nitrogens is 6. The molecule has 0 spiro atoms. The van der Waals surface area contributed by atoms with Crippen LogP contribution >= 0.6 is 0 Å². The summed E-state index contributed by atoms with van der Waals surface area (Å²) >= 11 is 0. The number of benzene rings is 2. The molecule has 5 rings (SSSR count). The summed E-state index contributed by atoms with van der Waals surface area (Å²) < 4.78 is 0. The third-order valence-corrected chi connectivity index (χ3v) is 4.41. The highest BCUT2D eigenvalue weighted by Gasteiger charge is 2.11. The molecular formula is C20H16N8. The van der Waals surface area contributed by atoms with Gasteiger partial charge in [0.25, 0.3) is 0 Å². The van der Waals surface area contributed by atoms with Gasteiger partial charge in [0, 0.05) is 18.9 Å². The zero-order chi connectivity index (χ0) is 18.8.